The number of aliphatic hydroxyl groups is 1. The van der Waals surface area contributed by atoms with Gasteiger partial charge in [0.2, 0.25) is 0 Å². The molecular weight excluding hydrogens is 148 g/mol. The second-order valence-corrected chi connectivity index (χ2v) is 2.12. The second kappa shape index (κ2) is 6.12. The van der Waals surface area contributed by atoms with Gasteiger partial charge in [-0.15, -0.1) is 0 Å². The average molecular weight is 162 g/mol. The molecule has 1 N–H and O–H groups in total. The van der Waals surface area contributed by atoms with Gasteiger partial charge in [0.05, 0.1) is 6.61 Å². The first-order valence-electron chi connectivity index (χ1n) is 3.56. The Kier molecular flexibility index (Phi) is 5.78. The Morgan fingerprint density at radius 3 is 2.64 bits per heavy atom. The minimum absolute atomic E-state index is 0.00926. The normalized spacial score (nSPS) is 12.6. The zero-order valence-electron chi connectivity index (χ0n) is 6.87. The standard InChI is InChI=1S/C7H14O4/c1-3-10-4-7(9)5-11-6(2)8/h7,9H,3-5H2,1-2H3. The molecule has 0 saturated heterocycles. The number of esters is 1. The van der Waals surface area contributed by atoms with E-state index >= 15 is 0 Å². The first-order chi connectivity index (χ1) is 5.16. The van der Waals surface area contributed by atoms with Crippen molar-refractivity contribution in [2.45, 2.75) is 20.0 Å². The molecule has 0 aliphatic heterocycles. The van der Waals surface area contributed by atoms with Crippen molar-refractivity contribution in [3.8, 4) is 0 Å². The lowest BCUT2D eigenvalue weighted by Crippen LogP contribution is -2.22. The van der Waals surface area contributed by atoms with Gasteiger partial charge in [0, 0.05) is 13.5 Å². The molecule has 0 saturated carbocycles. The Bertz CT molecular complexity index is 113. The SMILES string of the molecule is CCOCC(O)COC(C)=O. The minimum atomic E-state index is -0.709. The molecule has 0 heterocycles. The third-order valence-corrected chi connectivity index (χ3v) is 0.993. The molecule has 0 spiro atoms. The van der Waals surface area contributed by atoms with Gasteiger partial charge < -0.3 is 14.6 Å². The fraction of sp³-hybridized carbons (Fsp3) is 0.857. The van der Waals surface area contributed by atoms with Crippen molar-refractivity contribution in [2.24, 2.45) is 0 Å². The number of ether oxygens (including phenoxy) is 2. The Balaban J connectivity index is 3.22. The lowest BCUT2D eigenvalue weighted by atomic mass is 10.4. The molecule has 1 atom stereocenters. The summed E-state index contributed by atoms with van der Waals surface area (Å²) in [5, 5.41) is 9.03. The van der Waals surface area contributed by atoms with E-state index in [0.717, 1.165) is 0 Å². The lowest BCUT2D eigenvalue weighted by Gasteiger charge is -2.09. The Morgan fingerprint density at radius 2 is 2.18 bits per heavy atom. The smallest absolute Gasteiger partial charge is 0.302 e. The Morgan fingerprint density at radius 1 is 1.55 bits per heavy atom. The molecule has 0 fully saturated rings. The van der Waals surface area contributed by atoms with Gasteiger partial charge in [0.25, 0.3) is 0 Å². The topological polar surface area (TPSA) is 55.8 Å². The van der Waals surface area contributed by atoms with Gasteiger partial charge in [-0.05, 0) is 6.92 Å². The van der Waals surface area contributed by atoms with Gasteiger partial charge in [-0.2, -0.15) is 0 Å². The zero-order valence-corrected chi connectivity index (χ0v) is 6.87. The molecule has 1 unspecified atom stereocenters. The zero-order chi connectivity index (χ0) is 8.69. The predicted molar refractivity (Wildman–Crippen MR) is 39.1 cm³/mol. The highest BCUT2D eigenvalue weighted by molar-refractivity contribution is 5.65. The van der Waals surface area contributed by atoms with Gasteiger partial charge in [-0.25, -0.2) is 0 Å². The summed E-state index contributed by atoms with van der Waals surface area (Å²) < 4.78 is 9.42. The fourth-order valence-corrected chi connectivity index (χ4v) is 0.516. The molecule has 0 aliphatic rings. The van der Waals surface area contributed by atoms with E-state index in [1.807, 2.05) is 6.92 Å². The molecule has 0 aromatic heterocycles. The van der Waals surface area contributed by atoms with E-state index in [-0.39, 0.29) is 19.2 Å². The number of carbonyl (C=O) groups is 1. The summed E-state index contributed by atoms with van der Waals surface area (Å²) in [6.07, 6.45) is -0.709. The molecule has 0 rings (SSSR count). The number of hydrogen-bond acceptors (Lipinski definition) is 4. The van der Waals surface area contributed by atoms with Crippen molar-refractivity contribution in [3.05, 3.63) is 0 Å². The number of rotatable bonds is 5. The monoisotopic (exact) mass is 162 g/mol. The molecule has 0 bridgehead atoms. The summed E-state index contributed by atoms with van der Waals surface area (Å²) >= 11 is 0. The van der Waals surface area contributed by atoms with E-state index in [2.05, 4.69) is 4.74 Å². The first kappa shape index (κ1) is 10.4. The maximum Gasteiger partial charge on any atom is 0.302 e. The molecule has 0 aromatic rings. The van der Waals surface area contributed by atoms with E-state index in [1.54, 1.807) is 0 Å². The molecule has 4 heteroatoms. The second-order valence-electron chi connectivity index (χ2n) is 2.12. The highest BCUT2D eigenvalue weighted by Gasteiger charge is 2.04. The van der Waals surface area contributed by atoms with Crippen molar-refractivity contribution in [1.29, 1.82) is 0 Å². The van der Waals surface area contributed by atoms with E-state index in [1.165, 1.54) is 6.92 Å². The number of carbonyl (C=O) groups excluding carboxylic acids is 1. The van der Waals surface area contributed by atoms with Crippen molar-refractivity contribution >= 4 is 5.97 Å². The molecular formula is C7H14O4. The molecule has 0 aliphatic carbocycles. The quantitative estimate of drug-likeness (QED) is 0.576. The van der Waals surface area contributed by atoms with Crippen LogP contribution in [0.5, 0.6) is 0 Å². The molecule has 4 nitrogen and oxygen atoms in total. The summed E-state index contributed by atoms with van der Waals surface area (Å²) in [6, 6.07) is 0. The Hall–Kier alpha value is -0.610. The van der Waals surface area contributed by atoms with Gasteiger partial charge >= 0.3 is 5.97 Å². The van der Waals surface area contributed by atoms with Crippen LogP contribution in [-0.4, -0.2) is 37.0 Å². The van der Waals surface area contributed by atoms with E-state index < -0.39 is 6.10 Å². The van der Waals surface area contributed by atoms with Crippen LogP contribution < -0.4 is 0 Å². The van der Waals surface area contributed by atoms with Crippen LogP contribution in [0.4, 0.5) is 0 Å². The van der Waals surface area contributed by atoms with Crippen LogP contribution in [-0.2, 0) is 14.3 Å². The maximum atomic E-state index is 10.2. The maximum absolute atomic E-state index is 10.2. The summed E-state index contributed by atoms with van der Waals surface area (Å²) in [7, 11) is 0. The van der Waals surface area contributed by atoms with Crippen LogP contribution in [0.15, 0.2) is 0 Å². The highest BCUT2D eigenvalue weighted by atomic mass is 16.5. The molecule has 0 aromatic carbocycles. The molecule has 66 valence electrons. The van der Waals surface area contributed by atoms with Crippen molar-refractivity contribution in [2.75, 3.05) is 19.8 Å². The molecule has 0 radical (unpaired) electrons. The number of hydrogen-bond donors (Lipinski definition) is 1. The molecule has 0 amide bonds. The predicted octanol–water partition coefficient (Wildman–Crippen LogP) is -0.0531. The average Bonchev–Trinajstić information content (AvgIpc) is 1.97. The third-order valence-electron chi connectivity index (χ3n) is 0.993. The minimum Gasteiger partial charge on any atom is -0.463 e. The first-order valence-corrected chi connectivity index (χ1v) is 3.56. The summed E-state index contributed by atoms with van der Waals surface area (Å²) in [5.41, 5.74) is 0. The van der Waals surface area contributed by atoms with Crippen LogP contribution in [0.25, 0.3) is 0 Å². The largest absolute Gasteiger partial charge is 0.463 e. The number of aliphatic hydroxyl groups excluding tert-OH is 1. The summed E-state index contributed by atoms with van der Waals surface area (Å²) in [6.45, 7) is 3.90. The van der Waals surface area contributed by atoms with Crippen LogP contribution in [0.2, 0.25) is 0 Å². The van der Waals surface area contributed by atoms with Crippen LogP contribution in [0.3, 0.4) is 0 Å². The van der Waals surface area contributed by atoms with E-state index in [4.69, 9.17) is 9.84 Å². The fourth-order valence-electron chi connectivity index (χ4n) is 0.516. The van der Waals surface area contributed by atoms with Gasteiger partial charge in [0.1, 0.15) is 12.7 Å². The van der Waals surface area contributed by atoms with Gasteiger partial charge in [-0.1, -0.05) is 0 Å². The van der Waals surface area contributed by atoms with E-state index in [0.29, 0.717) is 6.61 Å². The van der Waals surface area contributed by atoms with E-state index in [9.17, 15) is 4.79 Å². The van der Waals surface area contributed by atoms with Crippen molar-refractivity contribution in [1.82, 2.24) is 0 Å². The highest BCUT2D eigenvalue weighted by Crippen LogP contribution is 1.87. The van der Waals surface area contributed by atoms with Crippen LogP contribution in [0, 0.1) is 0 Å². The van der Waals surface area contributed by atoms with Crippen LogP contribution >= 0.6 is 0 Å². The lowest BCUT2D eigenvalue weighted by molar-refractivity contribution is -0.145. The van der Waals surface area contributed by atoms with Crippen molar-refractivity contribution < 1.29 is 19.4 Å². The summed E-state index contributed by atoms with van der Waals surface area (Å²) in [5.74, 6) is -0.388. The van der Waals surface area contributed by atoms with Crippen LogP contribution in [0.1, 0.15) is 13.8 Å². The van der Waals surface area contributed by atoms with Gasteiger partial charge in [-0.3, -0.25) is 4.79 Å². The Labute approximate surface area is 66.1 Å². The third kappa shape index (κ3) is 7.29. The van der Waals surface area contributed by atoms with Crippen molar-refractivity contribution in [3.63, 3.8) is 0 Å². The molecule has 11 heavy (non-hydrogen) atoms. The summed E-state index contributed by atoms with van der Waals surface area (Å²) in [4.78, 5) is 10.2. The van der Waals surface area contributed by atoms with Gasteiger partial charge in [0.15, 0.2) is 0 Å².